The van der Waals surface area contributed by atoms with Gasteiger partial charge in [0.05, 0.1) is 10.7 Å². The van der Waals surface area contributed by atoms with Crippen molar-refractivity contribution in [2.45, 2.75) is 13.8 Å². The number of hydrogen-bond donors (Lipinski definition) is 1. The van der Waals surface area contributed by atoms with E-state index in [4.69, 9.17) is 17.3 Å². The fourth-order valence-electron chi connectivity index (χ4n) is 0.674. The van der Waals surface area contributed by atoms with Gasteiger partial charge in [0, 0.05) is 9.75 Å². The molecule has 2 N–H and O–H groups in total. The summed E-state index contributed by atoms with van der Waals surface area (Å²) in [5.74, 6) is 0. The van der Waals surface area contributed by atoms with Crippen LogP contribution in [0.1, 0.15) is 9.75 Å². The molecule has 1 aromatic rings. The van der Waals surface area contributed by atoms with E-state index in [1.165, 1.54) is 0 Å². The van der Waals surface area contributed by atoms with Gasteiger partial charge in [-0.05, 0) is 13.8 Å². The number of hydrogen-bond acceptors (Lipinski definition) is 2. The third-order valence-corrected chi connectivity index (χ3v) is 2.87. The van der Waals surface area contributed by atoms with Crippen molar-refractivity contribution in [3.8, 4) is 0 Å². The summed E-state index contributed by atoms with van der Waals surface area (Å²) in [6.07, 6.45) is 0. The van der Waals surface area contributed by atoms with Gasteiger partial charge in [0.25, 0.3) is 0 Å². The van der Waals surface area contributed by atoms with Crippen LogP contribution in [0.15, 0.2) is 0 Å². The molecule has 3 heteroatoms. The molecule has 9 heavy (non-hydrogen) atoms. The van der Waals surface area contributed by atoms with Crippen molar-refractivity contribution in [1.29, 1.82) is 0 Å². The van der Waals surface area contributed by atoms with E-state index in [1.54, 1.807) is 11.3 Å². The second-order valence-electron chi connectivity index (χ2n) is 1.94. The average Bonchev–Trinajstić information content (AvgIpc) is 1.98. The lowest BCUT2D eigenvalue weighted by molar-refractivity contribution is 1.60. The summed E-state index contributed by atoms with van der Waals surface area (Å²) in [6, 6.07) is 0. The Kier molecular flexibility index (Phi) is 1.68. The van der Waals surface area contributed by atoms with E-state index in [1.807, 2.05) is 13.8 Å². The molecular weight excluding hydrogens is 154 g/mol. The van der Waals surface area contributed by atoms with E-state index in [-0.39, 0.29) is 0 Å². The predicted molar refractivity (Wildman–Crippen MR) is 43.2 cm³/mol. The summed E-state index contributed by atoms with van der Waals surface area (Å²) in [4.78, 5) is 2.21. The monoisotopic (exact) mass is 161 g/mol. The Morgan fingerprint density at radius 2 is 1.89 bits per heavy atom. The van der Waals surface area contributed by atoms with Crippen LogP contribution in [0, 0.1) is 13.8 Å². The van der Waals surface area contributed by atoms with Gasteiger partial charge >= 0.3 is 0 Å². The molecule has 0 aromatic carbocycles. The SMILES string of the molecule is Cc1sc(C)c(Cl)c1N. The maximum atomic E-state index is 5.78. The minimum absolute atomic E-state index is 0.720. The first-order valence-electron chi connectivity index (χ1n) is 2.64. The molecule has 0 saturated heterocycles. The number of nitrogens with two attached hydrogens (primary N) is 1. The Morgan fingerprint density at radius 1 is 1.33 bits per heavy atom. The van der Waals surface area contributed by atoms with E-state index in [0.29, 0.717) is 0 Å². The van der Waals surface area contributed by atoms with Gasteiger partial charge in [-0.3, -0.25) is 0 Å². The highest BCUT2D eigenvalue weighted by atomic mass is 35.5. The Morgan fingerprint density at radius 3 is 2.00 bits per heavy atom. The standard InChI is InChI=1S/C6H8ClNS/c1-3-5(7)6(8)4(2)9-3/h8H2,1-2H3. The first-order valence-corrected chi connectivity index (χ1v) is 3.83. The third-order valence-electron chi connectivity index (χ3n) is 1.23. The van der Waals surface area contributed by atoms with Crippen molar-refractivity contribution in [2.75, 3.05) is 5.73 Å². The van der Waals surface area contributed by atoms with E-state index >= 15 is 0 Å². The molecule has 1 heterocycles. The number of thiophene rings is 1. The Bertz CT molecular complexity index is 207. The summed E-state index contributed by atoms with van der Waals surface area (Å²) in [7, 11) is 0. The third kappa shape index (κ3) is 1.05. The zero-order valence-corrected chi connectivity index (χ0v) is 6.94. The van der Waals surface area contributed by atoms with Crippen LogP contribution in [-0.4, -0.2) is 0 Å². The molecule has 1 aromatic heterocycles. The summed E-state index contributed by atoms with van der Waals surface area (Å²) >= 11 is 7.42. The molecule has 0 atom stereocenters. The predicted octanol–water partition coefficient (Wildman–Crippen LogP) is 2.60. The van der Waals surface area contributed by atoms with E-state index in [0.717, 1.165) is 20.5 Å². The second-order valence-corrected chi connectivity index (χ2v) is 3.75. The summed E-state index contributed by atoms with van der Waals surface area (Å²) in [6.45, 7) is 3.94. The number of rotatable bonds is 0. The quantitative estimate of drug-likeness (QED) is 0.622. The molecule has 0 aliphatic rings. The van der Waals surface area contributed by atoms with Crippen LogP contribution in [-0.2, 0) is 0 Å². The van der Waals surface area contributed by atoms with Crippen molar-refractivity contribution in [2.24, 2.45) is 0 Å². The first kappa shape index (κ1) is 6.90. The molecule has 0 bridgehead atoms. The molecule has 50 valence electrons. The molecule has 1 rings (SSSR count). The minimum atomic E-state index is 0.720. The van der Waals surface area contributed by atoms with Crippen molar-refractivity contribution < 1.29 is 0 Å². The first-order chi connectivity index (χ1) is 4.13. The fourth-order valence-corrected chi connectivity index (χ4v) is 1.86. The highest BCUT2D eigenvalue weighted by Gasteiger charge is 2.05. The van der Waals surface area contributed by atoms with Gasteiger partial charge in [0.15, 0.2) is 0 Å². The zero-order valence-electron chi connectivity index (χ0n) is 5.36. The minimum Gasteiger partial charge on any atom is -0.397 e. The molecule has 0 saturated carbocycles. The largest absolute Gasteiger partial charge is 0.397 e. The molecule has 0 aliphatic carbocycles. The van der Waals surface area contributed by atoms with E-state index in [2.05, 4.69) is 0 Å². The molecule has 0 unspecified atom stereocenters. The second kappa shape index (κ2) is 2.20. The molecule has 1 nitrogen and oxygen atoms in total. The van der Waals surface area contributed by atoms with Crippen molar-refractivity contribution in [3.63, 3.8) is 0 Å². The lowest BCUT2D eigenvalue weighted by atomic mass is 10.4. The molecule has 0 spiro atoms. The Balaban J connectivity index is 3.29. The Hall–Kier alpha value is -0.210. The van der Waals surface area contributed by atoms with Crippen LogP contribution in [0.3, 0.4) is 0 Å². The molecular formula is C6H8ClNS. The van der Waals surface area contributed by atoms with Crippen molar-refractivity contribution in [1.82, 2.24) is 0 Å². The Labute approximate surface area is 63.4 Å². The smallest absolute Gasteiger partial charge is 0.0774 e. The number of anilines is 1. The van der Waals surface area contributed by atoms with Crippen molar-refractivity contribution in [3.05, 3.63) is 14.8 Å². The maximum Gasteiger partial charge on any atom is 0.0774 e. The van der Waals surface area contributed by atoms with Crippen LogP contribution in [0.25, 0.3) is 0 Å². The topological polar surface area (TPSA) is 26.0 Å². The van der Waals surface area contributed by atoms with Crippen molar-refractivity contribution >= 4 is 28.6 Å². The number of aryl methyl sites for hydroxylation is 2. The van der Waals surface area contributed by atoms with Crippen LogP contribution in [0.4, 0.5) is 5.69 Å². The van der Waals surface area contributed by atoms with Gasteiger partial charge in [-0.1, -0.05) is 11.6 Å². The van der Waals surface area contributed by atoms with Gasteiger partial charge < -0.3 is 5.73 Å². The molecule has 0 amide bonds. The summed E-state index contributed by atoms with van der Waals surface area (Å²) in [5, 5.41) is 0.720. The fraction of sp³-hybridized carbons (Fsp3) is 0.333. The van der Waals surface area contributed by atoms with Crippen LogP contribution in [0.5, 0.6) is 0 Å². The van der Waals surface area contributed by atoms with E-state index in [9.17, 15) is 0 Å². The van der Waals surface area contributed by atoms with E-state index < -0.39 is 0 Å². The zero-order chi connectivity index (χ0) is 7.02. The van der Waals surface area contributed by atoms with Gasteiger partial charge in [-0.15, -0.1) is 11.3 Å². The molecule has 0 radical (unpaired) electrons. The summed E-state index contributed by atoms with van der Waals surface area (Å²) < 4.78 is 0. The molecule has 0 fully saturated rings. The van der Waals surface area contributed by atoms with Gasteiger partial charge in [0.2, 0.25) is 0 Å². The average molecular weight is 162 g/mol. The number of nitrogen functional groups attached to an aromatic ring is 1. The maximum absolute atomic E-state index is 5.78. The van der Waals surface area contributed by atoms with Gasteiger partial charge in [-0.2, -0.15) is 0 Å². The highest BCUT2D eigenvalue weighted by molar-refractivity contribution is 7.13. The van der Waals surface area contributed by atoms with Gasteiger partial charge in [0.1, 0.15) is 0 Å². The van der Waals surface area contributed by atoms with Gasteiger partial charge in [-0.25, -0.2) is 0 Å². The lowest BCUT2D eigenvalue weighted by Gasteiger charge is -1.86. The summed E-state index contributed by atoms with van der Waals surface area (Å²) in [5.41, 5.74) is 6.32. The van der Waals surface area contributed by atoms with Crippen LogP contribution >= 0.6 is 22.9 Å². The highest BCUT2D eigenvalue weighted by Crippen LogP contribution is 2.33. The molecule has 0 aliphatic heterocycles. The number of halogens is 1. The normalized spacial score (nSPS) is 10.1. The van der Waals surface area contributed by atoms with Crippen LogP contribution in [0.2, 0.25) is 5.02 Å². The lowest BCUT2D eigenvalue weighted by Crippen LogP contribution is -1.82. The van der Waals surface area contributed by atoms with Crippen LogP contribution < -0.4 is 5.73 Å².